The van der Waals surface area contributed by atoms with Crippen molar-refractivity contribution >= 4 is 23.6 Å². The highest BCUT2D eigenvalue weighted by atomic mass is 16.7. The number of nitrogens with one attached hydrogen (secondary N) is 3. The topological polar surface area (TPSA) is 275 Å². The molecule has 3 saturated heterocycles. The third kappa shape index (κ3) is 12.5. The van der Waals surface area contributed by atoms with E-state index in [0.717, 1.165) is 38.5 Å². The minimum Gasteiger partial charge on any atom is -0.396 e. The van der Waals surface area contributed by atoms with Crippen molar-refractivity contribution in [3.63, 3.8) is 0 Å². The summed E-state index contributed by atoms with van der Waals surface area (Å²) in [5.74, 6) is -2.14. The number of aliphatic hydroxyl groups is 6. The van der Waals surface area contributed by atoms with E-state index in [1.807, 2.05) is 6.92 Å². The lowest BCUT2D eigenvalue weighted by Gasteiger charge is -2.49. The van der Waals surface area contributed by atoms with Crippen LogP contribution in [0.3, 0.4) is 0 Å². The van der Waals surface area contributed by atoms with E-state index in [0.29, 0.717) is 38.8 Å². The molecule has 9 N–H and O–H groups in total. The molecule has 344 valence electrons. The van der Waals surface area contributed by atoms with E-state index >= 15 is 0 Å². The lowest BCUT2D eigenvalue weighted by molar-refractivity contribution is -0.338. The maximum atomic E-state index is 13.9. The Morgan fingerprint density at radius 3 is 2.18 bits per heavy atom. The Kier molecular flexibility index (Phi) is 18.8. The largest absolute Gasteiger partial charge is 0.396 e. The Morgan fingerprint density at radius 1 is 0.833 bits per heavy atom. The third-order valence-corrected chi connectivity index (χ3v) is 12.8. The predicted octanol–water partition coefficient (Wildman–Crippen LogP) is -1.44. The molecule has 19 heteroatoms. The molecule has 60 heavy (non-hydrogen) atoms. The molecule has 0 aromatic heterocycles. The summed E-state index contributed by atoms with van der Waals surface area (Å²) in [7, 11) is 0. The Morgan fingerprint density at radius 2 is 1.55 bits per heavy atom. The normalized spacial score (nSPS) is 36.8. The first kappa shape index (κ1) is 48.5. The van der Waals surface area contributed by atoms with Gasteiger partial charge in [0.1, 0.15) is 48.8 Å². The van der Waals surface area contributed by atoms with Crippen LogP contribution in [0, 0.1) is 17.8 Å². The van der Waals surface area contributed by atoms with Gasteiger partial charge in [-0.25, -0.2) is 0 Å². The summed E-state index contributed by atoms with van der Waals surface area (Å²) < 4.78 is 31.8. The fourth-order valence-corrected chi connectivity index (χ4v) is 9.18. The number of hydrogen-bond acceptors (Lipinski definition) is 15. The number of rotatable bonds is 19. The highest BCUT2D eigenvalue weighted by Crippen LogP contribution is 2.40. The molecule has 9 unspecified atom stereocenters. The van der Waals surface area contributed by atoms with Gasteiger partial charge in [-0.15, -0.1) is 0 Å². The van der Waals surface area contributed by atoms with E-state index in [9.17, 15) is 44.7 Å². The molecule has 0 spiro atoms. The maximum absolute atomic E-state index is 13.9. The van der Waals surface area contributed by atoms with Gasteiger partial charge >= 0.3 is 0 Å². The number of nitrogens with zero attached hydrogens (tertiary/aromatic N) is 1. The second-order valence-corrected chi connectivity index (χ2v) is 17.2. The van der Waals surface area contributed by atoms with Crippen molar-refractivity contribution in [1.82, 2.24) is 20.9 Å². The SMILES string of the molecule is CCC1CC(C(=O)NCCNC(=O)CCCO)C[C@@H](O[C@@H]2OC(CO)[C@H](O)C(O[C@@H](CC3CCCCC3)C(=O)N3CCC3)C2NC(C)=O)C1O[C@@H]1OC(C)[C@@H](O)C(O)C1O. The molecule has 0 aromatic carbocycles. The molecular weight excluding hydrogens is 788 g/mol. The Labute approximate surface area is 352 Å². The van der Waals surface area contributed by atoms with Gasteiger partial charge < -0.3 is 75.2 Å². The number of carbonyl (C=O) groups is 4. The zero-order valence-electron chi connectivity index (χ0n) is 35.3. The molecule has 5 aliphatic rings. The van der Waals surface area contributed by atoms with E-state index in [1.165, 1.54) is 13.8 Å². The molecule has 0 bridgehead atoms. The van der Waals surface area contributed by atoms with Crippen LogP contribution in [0.25, 0.3) is 0 Å². The molecule has 0 aromatic rings. The molecule has 2 aliphatic carbocycles. The number of carbonyl (C=O) groups excluding carboxylic acids is 4. The molecule has 3 heterocycles. The number of likely N-dealkylation sites (tertiary alicyclic amines) is 1. The summed E-state index contributed by atoms with van der Waals surface area (Å²) in [6.07, 6.45) is -7.61. The van der Waals surface area contributed by atoms with Gasteiger partial charge in [0.15, 0.2) is 12.6 Å². The van der Waals surface area contributed by atoms with Crippen LogP contribution in [0.5, 0.6) is 0 Å². The van der Waals surface area contributed by atoms with Crippen molar-refractivity contribution < 1.29 is 73.5 Å². The standard InChI is InChI=1S/C41H70N4O15/c1-4-25-19-26(38(54)43-14-13-42-30(49)12-8-17-46)20-27(36(25)60-41-35(53)34(52)32(50)22(2)56-41)58-40-31(44-23(3)48)37(33(51)29(21-47)59-40)57-28(39(55)45-15-9-16-45)18-24-10-6-5-7-11-24/h22,24-29,31-37,40-41,46-47,50-53H,4-21H2,1-3H3,(H,42,49)(H,43,54)(H,44,48)/t22?,25?,26?,27-,28+,29?,31?,32-,33+,34?,35?,36?,37?,40-,41+/m1/s1. The van der Waals surface area contributed by atoms with Gasteiger partial charge in [-0.1, -0.05) is 45.4 Å². The second-order valence-electron chi connectivity index (χ2n) is 17.2. The van der Waals surface area contributed by atoms with Crippen LogP contribution in [-0.2, 0) is 42.9 Å². The van der Waals surface area contributed by atoms with Crippen molar-refractivity contribution in [3.05, 3.63) is 0 Å². The minimum absolute atomic E-state index is 0.0294. The van der Waals surface area contributed by atoms with E-state index in [-0.39, 0.29) is 56.2 Å². The summed E-state index contributed by atoms with van der Waals surface area (Å²) in [6.45, 7) is 5.39. The lowest BCUT2D eigenvalue weighted by Crippen LogP contribution is -2.67. The monoisotopic (exact) mass is 858 g/mol. The molecule has 4 amide bonds. The molecule has 15 atom stereocenters. The zero-order chi connectivity index (χ0) is 43.5. The zero-order valence-corrected chi connectivity index (χ0v) is 35.3. The quantitative estimate of drug-likeness (QED) is 0.0674. The van der Waals surface area contributed by atoms with Crippen LogP contribution in [-0.4, -0.2) is 178 Å². The minimum atomic E-state index is -1.64. The molecular formula is C41H70N4O15. The molecule has 0 radical (unpaired) electrons. The van der Waals surface area contributed by atoms with Crippen molar-refractivity contribution in [2.24, 2.45) is 17.8 Å². The summed E-state index contributed by atoms with van der Waals surface area (Å²) >= 11 is 0. The predicted molar refractivity (Wildman–Crippen MR) is 211 cm³/mol. The number of ether oxygens (including phenoxy) is 5. The van der Waals surface area contributed by atoms with Gasteiger partial charge in [0, 0.05) is 52.0 Å². The van der Waals surface area contributed by atoms with Crippen molar-refractivity contribution in [2.45, 2.75) is 177 Å². The van der Waals surface area contributed by atoms with Gasteiger partial charge in [-0.3, -0.25) is 19.2 Å². The highest BCUT2D eigenvalue weighted by molar-refractivity contribution is 5.81. The highest BCUT2D eigenvalue weighted by Gasteiger charge is 2.53. The molecule has 2 saturated carbocycles. The summed E-state index contributed by atoms with van der Waals surface area (Å²) in [5.41, 5.74) is 0. The van der Waals surface area contributed by atoms with Crippen molar-refractivity contribution in [3.8, 4) is 0 Å². The van der Waals surface area contributed by atoms with Gasteiger partial charge in [0.2, 0.25) is 17.7 Å². The first-order valence-corrected chi connectivity index (χ1v) is 22.1. The molecule has 19 nitrogen and oxygen atoms in total. The van der Waals surface area contributed by atoms with Crippen molar-refractivity contribution in [2.75, 3.05) is 39.4 Å². The van der Waals surface area contributed by atoms with E-state index in [4.69, 9.17) is 28.8 Å². The third-order valence-electron chi connectivity index (χ3n) is 12.8. The van der Waals surface area contributed by atoms with Crippen LogP contribution in [0.4, 0.5) is 0 Å². The van der Waals surface area contributed by atoms with E-state index < -0.39 is 104 Å². The van der Waals surface area contributed by atoms with Crippen molar-refractivity contribution in [1.29, 1.82) is 0 Å². The average Bonchev–Trinajstić information content (AvgIpc) is 3.21. The van der Waals surface area contributed by atoms with Crippen LogP contribution in [0.15, 0.2) is 0 Å². The maximum Gasteiger partial charge on any atom is 0.251 e. The first-order valence-electron chi connectivity index (χ1n) is 22.1. The molecule has 5 rings (SSSR count). The summed E-state index contributed by atoms with van der Waals surface area (Å²) in [5, 5.41) is 71.5. The lowest BCUT2D eigenvalue weighted by atomic mass is 9.75. The van der Waals surface area contributed by atoms with Gasteiger partial charge in [0.25, 0.3) is 5.91 Å². The summed E-state index contributed by atoms with van der Waals surface area (Å²) in [6, 6.07) is -1.21. The van der Waals surface area contributed by atoms with Crippen LogP contribution in [0.1, 0.15) is 97.8 Å². The smallest absolute Gasteiger partial charge is 0.251 e. The molecule has 3 aliphatic heterocycles. The van der Waals surface area contributed by atoms with Gasteiger partial charge in [-0.05, 0) is 50.9 Å². The van der Waals surface area contributed by atoms with E-state index in [2.05, 4.69) is 16.0 Å². The molecule has 5 fully saturated rings. The van der Waals surface area contributed by atoms with Gasteiger partial charge in [-0.2, -0.15) is 0 Å². The number of hydrogen-bond donors (Lipinski definition) is 9. The fraction of sp³-hybridized carbons (Fsp3) is 0.902. The Balaban J connectivity index is 1.42. The Bertz CT molecular complexity index is 1390. The summed E-state index contributed by atoms with van der Waals surface area (Å²) in [4.78, 5) is 54.2. The van der Waals surface area contributed by atoms with Crippen LogP contribution < -0.4 is 16.0 Å². The Hall–Kier alpha value is -2.56. The second kappa shape index (κ2) is 23.2. The van der Waals surface area contributed by atoms with Crippen LogP contribution >= 0.6 is 0 Å². The van der Waals surface area contributed by atoms with Crippen LogP contribution in [0.2, 0.25) is 0 Å². The van der Waals surface area contributed by atoms with Gasteiger partial charge in [0.05, 0.1) is 24.9 Å². The fourth-order valence-electron chi connectivity index (χ4n) is 9.18. The van der Waals surface area contributed by atoms with E-state index in [1.54, 1.807) is 4.90 Å². The first-order chi connectivity index (χ1) is 28.8. The number of amides is 4. The number of aliphatic hydroxyl groups excluding tert-OH is 6. The average molecular weight is 859 g/mol.